The minimum atomic E-state index is -0.709. The van der Waals surface area contributed by atoms with Crippen molar-refractivity contribution in [2.45, 2.75) is 11.3 Å². The Morgan fingerprint density at radius 1 is 0.278 bits per heavy atom. The molecule has 0 aromatic heterocycles. The standard InChI is InChI=1S/C70H48N2/c1-4-24-53(25-5-1)70(54-40-36-50(37-41-54)68-62-32-16-14-30-60(62)61-31-15-17-33-63(61)68)65-35-19-18-34-64(65)69-66(70)46-59(71(55-26-6-2-7-27-55)57-42-38-48-20-10-12-22-51(48)44-57)47-67(69)72(56-28-8-3-9-29-56)58-43-39-49-21-11-13-23-52(49)45-58/h1-47,68H. The van der Waals surface area contributed by atoms with Crippen LogP contribution in [0.1, 0.15) is 44.9 Å². The first kappa shape index (κ1) is 41.7. The predicted octanol–water partition coefficient (Wildman–Crippen LogP) is 18.5. The third kappa shape index (κ3) is 6.57. The Balaban J connectivity index is 1.08. The number of rotatable bonds is 9. The van der Waals surface area contributed by atoms with Crippen molar-refractivity contribution >= 4 is 55.7 Å². The van der Waals surface area contributed by atoms with Gasteiger partial charge in [0.05, 0.1) is 11.1 Å². The molecule has 2 nitrogen and oxygen atoms in total. The summed E-state index contributed by atoms with van der Waals surface area (Å²) in [6.07, 6.45) is 0. The van der Waals surface area contributed by atoms with Crippen LogP contribution in [-0.4, -0.2) is 0 Å². The van der Waals surface area contributed by atoms with Crippen molar-refractivity contribution in [3.63, 3.8) is 0 Å². The Bertz CT molecular complexity index is 3950. The molecule has 1 unspecified atom stereocenters. The van der Waals surface area contributed by atoms with Crippen LogP contribution in [0.2, 0.25) is 0 Å². The van der Waals surface area contributed by atoms with E-state index in [4.69, 9.17) is 0 Å². The first-order valence-corrected chi connectivity index (χ1v) is 25.0. The average Bonchev–Trinajstić information content (AvgIpc) is 3.95. The monoisotopic (exact) mass is 916 g/mol. The number of fused-ring (bicyclic) bond motifs is 8. The van der Waals surface area contributed by atoms with E-state index in [0.717, 1.165) is 34.1 Å². The minimum absolute atomic E-state index is 0.142. The zero-order valence-corrected chi connectivity index (χ0v) is 39.6. The molecule has 0 aliphatic heterocycles. The molecular formula is C70H48N2. The van der Waals surface area contributed by atoms with Gasteiger partial charge in [0.1, 0.15) is 0 Å². The Morgan fingerprint density at radius 2 is 0.736 bits per heavy atom. The Hall–Kier alpha value is -9.24. The minimum Gasteiger partial charge on any atom is -0.310 e. The van der Waals surface area contributed by atoms with E-state index in [1.807, 2.05) is 0 Å². The molecular weight excluding hydrogens is 869 g/mol. The van der Waals surface area contributed by atoms with Crippen molar-refractivity contribution in [3.8, 4) is 22.3 Å². The second kappa shape index (κ2) is 17.0. The summed E-state index contributed by atoms with van der Waals surface area (Å²) >= 11 is 0. The van der Waals surface area contributed by atoms with Gasteiger partial charge in [-0.2, -0.15) is 0 Å². The maximum absolute atomic E-state index is 2.51. The van der Waals surface area contributed by atoms with Gasteiger partial charge < -0.3 is 9.80 Å². The van der Waals surface area contributed by atoms with Gasteiger partial charge in [-0.05, 0) is 138 Å². The number of hydrogen-bond donors (Lipinski definition) is 0. The number of anilines is 6. The first-order chi connectivity index (χ1) is 35.7. The fourth-order valence-electron chi connectivity index (χ4n) is 12.2. The smallest absolute Gasteiger partial charge is 0.0715 e. The molecule has 0 spiro atoms. The van der Waals surface area contributed by atoms with Crippen molar-refractivity contribution in [1.82, 2.24) is 0 Å². The highest BCUT2D eigenvalue weighted by Crippen LogP contribution is 2.61. The molecule has 2 heteroatoms. The summed E-state index contributed by atoms with van der Waals surface area (Å²) in [6.45, 7) is 0. The lowest BCUT2D eigenvalue weighted by Gasteiger charge is -2.36. The molecule has 14 rings (SSSR count). The molecule has 338 valence electrons. The highest BCUT2D eigenvalue weighted by molar-refractivity contribution is 6.02. The van der Waals surface area contributed by atoms with E-state index in [-0.39, 0.29) is 5.92 Å². The lowest BCUT2D eigenvalue weighted by molar-refractivity contribution is 0.767. The van der Waals surface area contributed by atoms with Crippen LogP contribution in [0.5, 0.6) is 0 Å². The average molecular weight is 917 g/mol. The maximum atomic E-state index is 2.51. The van der Waals surface area contributed by atoms with E-state index >= 15 is 0 Å². The second-order valence-electron chi connectivity index (χ2n) is 19.2. The normalized spacial score (nSPS) is 14.4. The molecule has 0 bridgehead atoms. The fraction of sp³-hybridized carbons (Fsp3) is 0.0286. The molecule has 2 aliphatic rings. The van der Waals surface area contributed by atoms with Crippen molar-refractivity contribution in [2.24, 2.45) is 0 Å². The molecule has 0 saturated carbocycles. The molecule has 0 heterocycles. The molecule has 12 aromatic carbocycles. The van der Waals surface area contributed by atoms with Gasteiger partial charge in [0.2, 0.25) is 0 Å². The predicted molar refractivity (Wildman–Crippen MR) is 301 cm³/mol. The molecule has 0 radical (unpaired) electrons. The SMILES string of the molecule is c1ccc(N(c2cc(N(c3ccccc3)c3ccc4ccccc4c3)c3c(c2)C(c2ccccc2)(c2ccc(C4c5ccccc5-c5ccccc54)cc2)c2ccccc2-3)c2ccc3ccccc3c2)cc1. The van der Waals surface area contributed by atoms with E-state index < -0.39 is 5.41 Å². The van der Waals surface area contributed by atoms with Gasteiger partial charge in [-0.3, -0.25) is 0 Å². The molecule has 0 amide bonds. The Kier molecular flexibility index (Phi) is 9.86. The van der Waals surface area contributed by atoms with Crippen molar-refractivity contribution in [1.29, 1.82) is 0 Å². The summed E-state index contributed by atoms with van der Waals surface area (Å²) in [6, 6.07) is 106. The van der Waals surface area contributed by atoms with Crippen LogP contribution in [0.4, 0.5) is 34.1 Å². The van der Waals surface area contributed by atoms with E-state index in [1.54, 1.807) is 0 Å². The van der Waals surface area contributed by atoms with E-state index in [0.29, 0.717) is 0 Å². The summed E-state index contributed by atoms with van der Waals surface area (Å²) < 4.78 is 0. The molecule has 0 fully saturated rings. The Labute approximate surface area is 421 Å². The van der Waals surface area contributed by atoms with Crippen molar-refractivity contribution in [3.05, 3.63) is 324 Å². The molecule has 0 N–H and O–H groups in total. The van der Waals surface area contributed by atoms with E-state index in [9.17, 15) is 0 Å². The van der Waals surface area contributed by atoms with Crippen LogP contribution in [0.3, 0.4) is 0 Å². The lowest BCUT2D eigenvalue weighted by atomic mass is 9.67. The highest BCUT2D eigenvalue weighted by Gasteiger charge is 2.48. The van der Waals surface area contributed by atoms with E-state index in [1.165, 1.54) is 82.7 Å². The second-order valence-corrected chi connectivity index (χ2v) is 19.2. The first-order valence-electron chi connectivity index (χ1n) is 25.0. The summed E-state index contributed by atoms with van der Waals surface area (Å²) in [4.78, 5) is 4.95. The van der Waals surface area contributed by atoms with Crippen LogP contribution >= 0.6 is 0 Å². The maximum Gasteiger partial charge on any atom is 0.0715 e. The van der Waals surface area contributed by atoms with Crippen LogP contribution in [0.15, 0.2) is 285 Å². The summed E-state index contributed by atoms with van der Waals surface area (Å²) in [5, 5.41) is 4.80. The van der Waals surface area contributed by atoms with E-state index in [2.05, 4.69) is 295 Å². The molecule has 72 heavy (non-hydrogen) atoms. The zero-order chi connectivity index (χ0) is 47.6. The number of benzene rings is 12. The van der Waals surface area contributed by atoms with Gasteiger partial charge in [0.15, 0.2) is 0 Å². The Morgan fingerprint density at radius 3 is 1.33 bits per heavy atom. The van der Waals surface area contributed by atoms with Gasteiger partial charge >= 0.3 is 0 Å². The molecule has 12 aromatic rings. The van der Waals surface area contributed by atoms with Crippen LogP contribution in [0.25, 0.3) is 43.8 Å². The van der Waals surface area contributed by atoms with Gasteiger partial charge in [-0.25, -0.2) is 0 Å². The van der Waals surface area contributed by atoms with Crippen LogP contribution < -0.4 is 9.80 Å². The van der Waals surface area contributed by atoms with Crippen LogP contribution in [-0.2, 0) is 5.41 Å². The molecule has 1 atom stereocenters. The van der Waals surface area contributed by atoms with Gasteiger partial charge in [-0.1, -0.05) is 224 Å². The van der Waals surface area contributed by atoms with Crippen molar-refractivity contribution < 1.29 is 0 Å². The highest BCUT2D eigenvalue weighted by atomic mass is 15.2. The summed E-state index contributed by atoms with van der Waals surface area (Å²) in [5.41, 5.74) is 19.8. The third-order valence-corrected chi connectivity index (χ3v) is 15.3. The summed E-state index contributed by atoms with van der Waals surface area (Å²) in [7, 11) is 0. The third-order valence-electron chi connectivity index (χ3n) is 15.3. The largest absolute Gasteiger partial charge is 0.310 e. The topological polar surface area (TPSA) is 6.48 Å². The molecule has 0 saturated heterocycles. The fourth-order valence-corrected chi connectivity index (χ4v) is 12.2. The van der Waals surface area contributed by atoms with Crippen molar-refractivity contribution in [2.75, 3.05) is 9.80 Å². The zero-order valence-electron chi connectivity index (χ0n) is 39.6. The quantitative estimate of drug-likeness (QED) is 0.142. The van der Waals surface area contributed by atoms with Gasteiger partial charge in [0, 0.05) is 39.9 Å². The number of hydrogen-bond acceptors (Lipinski definition) is 2. The summed E-state index contributed by atoms with van der Waals surface area (Å²) in [5.74, 6) is 0.142. The number of para-hydroxylation sites is 2. The lowest BCUT2D eigenvalue weighted by Crippen LogP contribution is -2.29. The van der Waals surface area contributed by atoms with Crippen LogP contribution in [0, 0.1) is 0 Å². The van der Waals surface area contributed by atoms with Gasteiger partial charge in [-0.15, -0.1) is 0 Å². The van der Waals surface area contributed by atoms with Gasteiger partial charge in [0.25, 0.3) is 0 Å². The molecule has 2 aliphatic carbocycles. The number of nitrogens with zero attached hydrogens (tertiary/aromatic N) is 2.